The summed E-state index contributed by atoms with van der Waals surface area (Å²) in [4.78, 5) is 24.4. The normalized spacial score (nSPS) is 12.2. The molecule has 0 heterocycles. The van der Waals surface area contributed by atoms with Crippen molar-refractivity contribution in [1.29, 1.82) is 5.26 Å². The Labute approximate surface area is 163 Å². The van der Waals surface area contributed by atoms with Gasteiger partial charge >= 0.3 is 5.97 Å². The summed E-state index contributed by atoms with van der Waals surface area (Å²) in [5.74, 6) is 0.00507. The smallest absolute Gasteiger partial charge is 0.347 e. The lowest BCUT2D eigenvalue weighted by Crippen LogP contribution is -2.35. The van der Waals surface area contributed by atoms with Crippen LogP contribution < -0.4 is 14.8 Å². The lowest BCUT2D eigenvalue weighted by molar-refractivity contribution is -0.159. The average Bonchev–Trinajstić information content (AvgIpc) is 2.70. The molecular weight excluding hydrogens is 360 g/mol. The minimum absolute atomic E-state index is 0.426. The first-order valence-electron chi connectivity index (χ1n) is 8.84. The van der Waals surface area contributed by atoms with Crippen LogP contribution in [-0.2, 0) is 14.3 Å². The third-order valence-corrected chi connectivity index (χ3v) is 3.72. The molecule has 2 aromatic carbocycles. The van der Waals surface area contributed by atoms with Gasteiger partial charge in [-0.3, -0.25) is 4.79 Å². The molecule has 0 saturated heterocycles. The van der Waals surface area contributed by atoms with Crippen LogP contribution in [0, 0.1) is 11.3 Å². The summed E-state index contributed by atoms with van der Waals surface area (Å²) in [6.07, 6.45) is -1.90. The molecule has 1 N–H and O–H groups in total. The third-order valence-electron chi connectivity index (χ3n) is 3.72. The van der Waals surface area contributed by atoms with Crippen LogP contribution in [0.1, 0.15) is 26.3 Å². The molecule has 0 spiro atoms. The molecule has 0 unspecified atom stereocenters. The fourth-order valence-corrected chi connectivity index (χ4v) is 2.23. The number of amides is 1. The highest BCUT2D eigenvalue weighted by molar-refractivity contribution is 5.95. The van der Waals surface area contributed by atoms with E-state index in [0.29, 0.717) is 29.4 Å². The van der Waals surface area contributed by atoms with Crippen molar-refractivity contribution in [3.8, 4) is 17.6 Å². The number of nitrogens with one attached hydrogen (secondary N) is 1. The summed E-state index contributed by atoms with van der Waals surface area (Å²) >= 11 is 0. The maximum Gasteiger partial charge on any atom is 0.347 e. The second kappa shape index (κ2) is 9.97. The first-order chi connectivity index (χ1) is 13.4. The van der Waals surface area contributed by atoms with Crippen molar-refractivity contribution in [1.82, 2.24) is 0 Å². The van der Waals surface area contributed by atoms with Crippen LogP contribution in [0.25, 0.3) is 0 Å². The Morgan fingerprint density at radius 2 is 1.61 bits per heavy atom. The number of carbonyl (C=O) groups is 2. The Morgan fingerprint density at radius 3 is 2.18 bits per heavy atom. The highest BCUT2D eigenvalue weighted by Crippen LogP contribution is 2.17. The number of hydrogen-bond donors (Lipinski definition) is 1. The van der Waals surface area contributed by atoms with Gasteiger partial charge in [-0.2, -0.15) is 5.26 Å². The van der Waals surface area contributed by atoms with Gasteiger partial charge in [-0.05, 0) is 69.3 Å². The van der Waals surface area contributed by atoms with E-state index in [0.717, 1.165) is 0 Å². The van der Waals surface area contributed by atoms with Crippen LogP contribution in [0.5, 0.6) is 11.5 Å². The molecule has 2 rings (SSSR count). The summed E-state index contributed by atoms with van der Waals surface area (Å²) in [6, 6.07) is 15.2. The van der Waals surface area contributed by atoms with Gasteiger partial charge in [0.25, 0.3) is 5.91 Å². The monoisotopic (exact) mass is 382 g/mol. The van der Waals surface area contributed by atoms with E-state index in [2.05, 4.69) is 5.32 Å². The van der Waals surface area contributed by atoms with E-state index in [9.17, 15) is 9.59 Å². The van der Waals surface area contributed by atoms with Crippen LogP contribution in [-0.4, -0.2) is 30.7 Å². The lowest BCUT2D eigenvalue weighted by Gasteiger charge is -2.18. The second-order valence-electron chi connectivity index (χ2n) is 5.92. The van der Waals surface area contributed by atoms with Gasteiger partial charge in [-0.1, -0.05) is 0 Å². The van der Waals surface area contributed by atoms with Gasteiger partial charge in [-0.25, -0.2) is 4.79 Å². The molecule has 0 saturated carbocycles. The highest BCUT2D eigenvalue weighted by Gasteiger charge is 2.23. The number of rotatable bonds is 8. The Balaban J connectivity index is 1.85. The van der Waals surface area contributed by atoms with Gasteiger partial charge in [0.15, 0.2) is 12.2 Å². The fraction of sp³-hybridized carbons (Fsp3) is 0.286. The molecule has 146 valence electrons. The molecule has 0 fully saturated rings. The number of anilines is 1. The molecule has 0 aliphatic carbocycles. The van der Waals surface area contributed by atoms with E-state index in [1.807, 2.05) is 13.0 Å². The van der Waals surface area contributed by atoms with E-state index in [1.54, 1.807) is 48.5 Å². The maximum atomic E-state index is 12.2. The molecule has 2 atom stereocenters. The van der Waals surface area contributed by atoms with Crippen LogP contribution in [0.15, 0.2) is 48.5 Å². The van der Waals surface area contributed by atoms with Crippen molar-refractivity contribution in [2.75, 3.05) is 11.9 Å². The topological polar surface area (TPSA) is 97.7 Å². The number of ether oxygens (including phenoxy) is 3. The maximum absolute atomic E-state index is 12.2. The number of carbonyl (C=O) groups excluding carboxylic acids is 2. The number of hydrogen-bond acceptors (Lipinski definition) is 6. The van der Waals surface area contributed by atoms with E-state index in [-0.39, 0.29) is 0 Å². The number of nitrogens with zero attached hydrogens (tertiary/aromatic N) is 1. The molecule has 0 aliphatic rings. The number of nitriles is 1. The van der Waals surface area contributed by atoms with Crippen molar-refractivity contribution in [3.05, 3.63) is 54.1 Å². The first kappa shape index (κ1) is 20.8. The van der Waals surface area contributed by atoms with Gasteiger partial charge in [-0.15, -0.1) is 0 Å². The molecule has 0 aliphatic heterocycles. The van der Waals surface area contributed by atoms with E-state index in [1.165, 1.54) is 13.8 Å². The van der Waals surface area contributed by atoms with Crippen LogP contribution in [0.3, 0.4) is 0 Å². The van der Waals surface area contributed by atoms with E-state index in [4.69, 9.17) is 19.5 Å². The van der Waals surface area contributed by atoms with Crippen LogP contribution in [0.2, 0.25) is 0 Å². The van der Waals surface area contributed by atoms with Crippen LogP contribution in [0.4, 0.5) is 5.69 Å². The van der Waals surface area contributed by atoms with Crippen molar-refractivity contribution in [3.63, 3.8) is 0 Å². The van der Waals surface area contributed by atoms with Crippen molar-refractivity contribution >= 4 is 17.6 Å². The summed E-state index contributed by atoms with van der Waals surface area (Å²) < 4.78 is 16.0. The molecule has 28 heavy (non-hydrogen) atoms. The van der Waals surface area contributed by atoms with Gasteiger partial charge in [0.2, 0.25) is 0 Å². The minimum atomic E-state index is -0.994. The van der Waals surface area contributed by atoms with Crippen LogP contribution >= 0.6 is 0 Å². The Hall–Kier alpha value is -3.53. The molecule has 0 bridgehead atoms. The largest absolute Gasteiger partial charge is 0.494 e. The Kier molecular flexibility index (Phi) is 7.40. The number of benzene rings is 2. The number of esters is 1. The predicted molar refractivity (Wildman–Crippen MR) is 103 cm³/mol. The zero-order chi connectivity index (χ0) is 20.5. The Bertz CT molecular complexity index is 841. The molecule has 7 heteroatoms. The van der Waals surface area contributed by atoms with Gasteiger partial charge in [0, 0.05) is 5.69 Å². The Morgan fingerprint density at radius 1 is 1.00 bits per heavy atom. The summed E-state index contributed by atoms with van der Waals surface area (Å²) in [7, 11) is 0. The quantitative estimate of drug-likeness (QED) is 0.704. The second-order valence-corrected chi connectivity index (χ2v) is 5.92. The lowest BCUT2D eigenvalue weighted by atomic mass is 10.2. The first-order valence-corrected chi connectivity index (χ1v) is 8.84. The molecule has 0 radical (unpaired) electrons. The van der Waals surface area contributed by atoms with Gasteiger partial charge < -0.3 is 19.5 Å². The van der Waals surface area contributed by atoms with Crippen molar-refractivity contribution < 1.29 is 23.8 Å². The van der Waals surface area contributed by atoms with Gasteiger partial charge in [0.05, 0.1) is 18.2 Å². The summed E-state index contributed by atoms with van der Waals surface area (Å²) in [5.41, 5.74) is 1.06. The SMILES string of the molecule is CCOc1ccc(NC(=O)[C@@H](C)OC(=O)[C@H](C)Oc2ccc(C#N)cc2)cc1. The molecule has 7 nitrogen and oxygen atoms in total. The molecule has 0 aromatic heterocycles. The van der Waals surface area contributed by atoms with Crippen molar-refractivity contribution in [2.24, 2.45) is 0 Å². The van der Waals surface area contributed by atoms with Crippen molar-refractivity contribution in [2.45, 2.75) is 33.0 Å². The molecular formula is C21H22N2O5. The third kappa shape index (κ3) is 6.02. The highest BCUT2D eigenvalue weighted by atomic mass is 16.6. The van der Waals surface area contributed by atoms with E-state index < -0.39 is 24.1 Å². The molecule has 2 aromatic rings. The standard InChI is InChI=1S/C21H22N2O5/c1-4-26-18-11-7-17(8-12-18)23-20(24)14(2)28-21(25)15(3)27-19-9-5-16(13-22)6-10-19/h5-12,14-15H,4H2,1-3H3,(H,23,24)/t14-,15+/m1/s1. The summed E-state index contributed by atoms with van der Waals surface area (Å²) in [5, 5.41) is 11.5. The fourth-order valence-electron chi connectivity index (χ4n) is 2.23. The summed E-state index contributed by atoms with van der Waals surface area (Å²) in [6.45, 7) is 5.45. The zero-order valence-electron chi connectivity index (χ0n) is 16.0. The average molecular weight is 382 g/mol. The van der Waals surface area contributed by atoms with E-state index >= 15 is 0 Å². The minimum Gasteiger partial charge on any atom is -0.494 e. The van der Waals surface area contributed by atoms with Gasteiger partial charge in [0.1, 0.15) is 11.5 Å². The zero-order valence-corrected chi connectivity index (χ0v) is 16.0. The molecule has 1 amide bonds. The predicted octanol–water partition coefficient (Wildman–Crippen LogP) is 3.29.